The fourth-order valence-electron chi connectivity index (χ4n) is 1.91. The zero-order valence-electron chi connectivity index (χ0n) is 12.6. The number of benzene rings is 1. The van der Waals surface area contributed by atoms with Crippen molar-refractivity contribution in [1.82, 2.24) is 5.16 Å². The van der Waals surface area contributed by atoms with Crippen LogP contribution in [0.25, 0.3) is 11.3 Å². The maximum absolute atomic E-state index is 11.7. The highest BCUT2D eigenvalue weighted by molar-refractivity contribution is 6.35. The molecule has 0 saturated heterocycles. The number of esters is 1. The Balaban J connectivity index is 2.33. The molecule has 21 heavy (non-hydrogen) atoms. The molecular formula is C16H18ClNO3. The molecule has 1 aromatic heterocycles. The molecule has 0 unspecified atom stereocenters. The lowest BCUT2D eigenvalue weighted by atomic mass is 9.86. The van der Waals surface area contributed by atoms with E-state index < -0.39 is 5.97 Å². The van der Waals surface area contributed by atoms with E-state index in [0.29, 0.717) is 5.76 Å². The summed E-state index contributed by atoms with van der Waals surface area (Å²) >= 11 is 6.16. The van der Waals surface area contributed by atoms with Gasteiger partial charge >= 0.3 is 5.97 Å². The number of carbonyl (C=O) groups excluding carboxylic acids is 1. The number of hydrogen-bond donors (Lipinski definition) is 0. The Bertz CT molecular complexity index is 639. The van der Waals surface area contributed by atoms with Gasteiger partial charge in [0.25, 0.3) is 0 Å². The molecule has 2 rings (SSSR count). The summed E-state index contributed by atoms with van der Waals surface area (Å²) in [6, 6.07) is 7.83. The van der Waals surface area contributed by atoms with Gasteiger partial charge in [0.1, 0.15) is 5.02 Å². The van der Waals surface area contributed by atoms with Crippen LogP contribution in [0.1, 0.15) is 43.7 Å². The van der Waals surface area contributed by atoms with Crippen molar-refractivity contribution in [3.05, 3.63) is 40.5 Å². The van der Waals surface area contributed by atoms with Gasteiger partial charge < -0.3 is 9.26 Å². The first kappa shape index (κ1) is 15.6. The fraction of sp³-hybridized carbons (Fsp3) is 0.375. The number of aromatic nitrogens is 1. The van der Waals surface area contributed by atoms with Crippen LogP contribution >= 0.6 is 11.6 Å². The predicted octanol–water partition coefficient (Wildman–Crippen LogP) is 4.47. The molecular weight excluding hydrogens is 290 g/mol. The van der Waals surface area contributed by atoms with Crippen molar-refractivity contribution < 1.29 is 14.1 Å². The Morgan fingerprint density at radius 2 is 1.90 bits per heavy atom. The zero-order valence-corrected chi connectivity index (χ0v) is 13.3. The molecule has 0 radical (unpaired) electrons. The van der Waals surface area contributed by atoms with Crippen molar-refractivity contribution in [1.29, 1.82) is 0 Å². The average Bonchev–Trinajstić information content (AvgIpc) is 2.80. The molecule has 0 aliphatic heterocycles. The van der Waals surface area contributed by atoms with E-state index in [1.165, 1.54) is 5.56 Å². The molecule has 0 bridgehead atoms. The van der Waals surface area contributed by atoms with Crippen LogP contribution in [0, 0.1) is 0 Å². The van der Waals surface area contributed by atoms with Crippen molar-refractivity contribution >= 4 is 17.6 Å². The molecule has 0 aliphatic rings. The van der Waals surface area contributed by atoms with Gasteiger partial charge in [-0.05, 0) is 17.9 Å². The van der Waals surface area contributed by atoms with Crippen LogP contribution in [0.5, 0.6) is 0 Å². The highest BCUT2D eigenvalue weighted by atomic mass is 35.5. The molecule has 0 amide bonds. The molecule has 5 heteroatoms. The van der Waals surface area contributed by atoms with Crippen molar-refractivity contribution in [3.63, 3.8) is 0 Å². The van der Waals surface area contributed by atoms with Crippen LogP contribution in [0.15, 0.2) is 28.8 Å². The summed E-state index contributed by atoms with van der Waals surface area (Å²) in [6.07, 6.45) is 0. The Labute approximate surface area is 129 Å². The maximum atomic E-state index is 11.7. The van der Waals surface area contributed by atoms with Gasteiger partial charge in [0.15, 0.2) is 5.76 Å². The lowest BCUT2D eigenvalue weighted by Crippen LogP contribution is -2.10. The van der Waals surface area contributed by atoms with E-state index in [4.69, 9.17) is 20.9 Å². The average molecular weight is 308 g/mol. The summed E-state index contributed by atoms with van der Waals surface area (Å²) in [5, 5.41) is 3.88. The molecule has 0 saturated carbocycles. The molecule has 0 spiro atoms. The Morgan fingerprint density at radius 1 is 1.29 bits per heavy atom. The number of hydrogen-bond acceptors (Lipinski definition) is 4. The maximum Gasteiger partial charge on any atom is 0.362 e. The summed E-state index contributed by atoms with van der Waals surface area (Å²) in [5.74, 6) is -0.205. The number of carbonyl (C=O) groups is 1. The third-order valence-corrected chi connectivity index (χ3v) is 3.47. The Kier molecular flexibility index (Phi) is 4.37. The van der Waals surface area contributed by atoms with Crippen molar-refractivity contribution in [3.8, 4) is 11.3 Å². The highest BCUT2D eigenvalue weighted by Crippen LogP contribution is 2.32. The van der Waals surface area contributed by atoms with Crippen LogP contribution in [0.2, 0.25) is 5.02 Å². The van der Waals surface area contributed by atoms with E-state index in [-0.39, 0.29) is 22.7 Å². The van der Waals surface area contributed by atoms with Crippen molar-refractivity contribution in [2.45, 2.75) is 33.1 Å². The SMILES string of the molecule is CCOC(=O)c1noc(-c2ccc(C(C)(C)C)cc2)c1Cl. The third-order valence-electron chi connectivity index (χ3n) is 3.12. The van der Waals surface area contributed by atoms with E-state index in [0.717, 1.165) is 5.56 Å². The first-order valence-corrected chi connectivity index (χ1v) is 7.15. The lowest BCUT2D eigenvalue weighted by Gasteiger charge is -2.18. The molecule has 0 atom stereocenters. The number of halogens is 1. The Morgan fingerprint density at radius 3 is 2.43 bits per heavy atom. The van der Waals surface area contributed by atoms with Gasteiger partial charge in [-0.1, -0.05) is 61.8 Å². The monoisotopic (exact) mass is 307 g/mol. The third kappa shape index (κ3) is 3.27. The number of ether oxygens (including phenoxy) is 1. The lowest BCUT2D eigenvalue weighted by molar-refractivity contribution is 0.0515. The van der Waals surface area contributed by atoms with E-state index in [2.05, 4.69) is 25.9 Å². The van der Waals surface area contributed by atoms with Gasteiger partial charge in [0, 0.05) is 5.56 Å². The Hall–Kier alpha value is -1.81. The van der Waals surface area contributed by atoms with E-state index in [1.54, 1.807) is 6.92 Å². The molecule has 2 aromatic rings. The van der Waals surface area contributed by atoms with Crippen LogP contribution < -0.4 is 0 Å². The van der Waals surface area contributed by atoms with Crippen LogP contribution in [-0.2, 0) is 10.2 Å². The van der Waals surface area contributed by atoms with Crippen LogP contribution in [-0.4, -0.2) is 17.7 Å². The molecule has 1 heterocycles. The van der Waals surface area contributed by atoms with Crippen molar-refractivity contribution in [2.24, 2.45) is 0 Å². The molecule has 0 aliphatic carbocycles. The zero-order chi connectivity index (χ0) is 15.6. The topological polar surface area (TPSA) is 52.3 Å². The smallest absolute Gasteiger partial charge is 0.362 e. The fourth-order valence-corrected chi connectivity index (χ4v) is 2.16. The quantitative estimate of drug-likeness (QED) is 0.785. The largest absolute Gasteiger partial charge is 0.461 e. The standard InChI is InChI=1S/C16H18ClNO3/c1-5-20-15(19)13-12(17)14(21-18-13)10-6-8-11(9-7-10)16(2,3)4/h6-9H,5H2,1-4H3. The minimum absolute atomic E-state index is 0.00779. The van der Waals surface area contributed by atoms with Crippen LogP contribution in [0.3, 0.4) is 0 Å². The normalized spacial score (nSPS) is 11.5. The van der Waals surface area contributed by atoms with Crippen molar-refractivity contribution in [2.75, 3.05) is 6.61 Å². The van der Waals surface area contributed by atoms with Gasteiger partial charge in [0.05, 0.1) is 6.61 Å². The van der Waals surface area contributed by atoms with E-state index in [9.17, 15) is 4.79 Å². The van der Waals surface area contributed by atoms with Gasteiger partial charge in [-0.15, -0.1) is 0 Å². The highest BCUT2D eigenvalue weighted by Gasteiger charge is 2.23. The second kappa shape index (κ2) is 5.90. The van der Waals surface area contributed by atoms with Gasteiger partial charge in [-0.3, -0.25) is 0 Å². The van der Waals surface area contributed by atoms with E-state index in [1.807, 2.05) is 24.3 Å². The minimum Gasteiger partial charge on any atom is -0.461 e. The number of nitrogens with zero attached hydrogens (tertiary/aromatic N) is 1. The predicted molar refractivity (Wildman–Crippen MR) is 81.6 cm³/mol. The summed E-state index contributed by atoms with van der Waals surface area (Å²) in [5.41, 5.74) is 2.05. The van der Waals surface area contributed by atoms with E-state index >= 15 is 0 Å². The summed E-state index contributed by atoms with van der Waals surface area (Å²) < 4.78 is 10.1. The van der Waals surface area contributed by atoms with Gasteiger partial charge in [0.2, 0.25) is 5.69 Å². The summed E-state index contributed by atoms with van der Waals surface area (Å²) in [7, 11) is 0. The first-order chi connectivity index (χ1) is 9.84. The van der Waals surface area contributed by atoms with Gasteiger partial charge in [-0.2, -0.15) is 0 Å². The molecule has 1 aromatic carbocycles. The second-order valence-electron chi connectivity index (χ2n) is 5.72. The van der Waals surface area contributed by atoms with Gasteiger partial charge in [-0.25, -0.2) is 4.79 Å². The second-order valence-corrected chi connectivity index (χ2v) is 6.10. The number of rotatable bonds is 3. The molecule has 4 nitrogen and oxygen atoms in total. The molecule has 0 fully saturated rings. The first-order valence-electron chi connectivity index (χ1n) is 6.77. The summed E-state index contributed by atoms with van der Waals surface area (Å²) in [4.78, 5) is 11.7. The van der Waals surface area contributed by atoms with Crippen LogP contribution in [0.4, 0.5) is 0 Å². The summed E-state index contributed by atoms with van der Waals surface area (Å²) in [6.45, 7) is 8.41. The minimum atomic E-state index is -0.580. The molecule has 112 valence electrons. The molecule has 0 N–H and O–H groups in total.